The van der Waals surface area contributed by atoms with Crippen LogP contribution in [0.1, 0.15) is 33.5 Å². The van der Waals surface area contributed by atoms with Crippen LogP contribution in [-0.4, -0.2) is 50.0 Å². The molecule has 2 aromatic carbocycles. The zero-order valence-corrected chi connectivity index (χ0v) is 22.2. The third-order valence-corrected chi connectivity index (χ3v) is 6.25. The van der Waals surface area contributed by atoms with Crippen molar-refractivity contribution in [3.63, 3.8) is 0 Å². The van der Waals surface area contributed by atoms with Crippen molar-refractivity contribution in [2.24, 2.45) is 0 Å². The predicted molar refractivity (Wildman–Crippen MR) is 142 cm³/mol. The molecule has 210 valence electrons. The van der Waals surface area contributed by atoms with Crippen molar-refractivity contribution >= 4 is 34.9 Å². The molecular formula is C27H20ClF3N6O4. The number of nitrogens with zero attached hydrogens (tertiary/aromatic N) is 5. The number of halogens is 4. The molecule has 41 heavy (non-hydrogen) atoms. The SMILES string of the molecule is CCOC(=O)c1cnn(-c2ccccc2)c1NC(=O)c1nn2c(C(F)(F)F)cc(-c3cccc(OC)c3)nc2c1Cl. The molecule has 0 spiro atoms. The van der Waals surface area contributed by atoms with Crippen LogP contribution >= 0.6 is 11.6 Å². The average Bonchev–Trinajstić information content (AvgIpc) is 3.53. The lowest BCUT2D eigenvalue weighted by Crippen LogP contribution is -2.19. The number of hydrogen-bond donors (Lipinski definition) is 1. The summed E-state index contributed by atoms with van der Waals surface area (Å²) in [4.78, 5) is 30.3. The van der Waals surface area contributed by atoms with Crippen LogP contribution in [0.25, 0.3) is 22.6 Å². The van der Waals surface area contributed by atoms with Crippen molar-refractivity contribution < 1.29 is 32.2 Å². The minimum atomic E-state index is -4.87. The van der Waals surface area contributed by atoms with Gasteiger partial charge in [0.25, 0.3) is 5.91 Å². The quantitative estimate of drug-likeness (QED) is 0.244. The second-order valence-corrected chi connectivity index (χ2v) is 8.86. The lowest BCUT2D eigenvalue weighted by Gasteiger charge is -2.11. The Morgan fingerprint density at radius 2 is 1.83 bits per heavy atom. The summed E-state index contributed by atoms with van der Waals surface area (Å²) < 4.78 is 54.4. The van der Waals surface area contributed by atoms with Crippen LogP contribution in [0.3, 0.4) is 0 Å². The van der Waals surface area contributed by atoms with E-state index in [1.807, 2.05) is 0 Å². The Kier molecular flexibility index (Phi) is 7.37. The Balaban J connectivity index is 1.62. The maximum Gasteiger partial charge on any atom is 0.433 e. The molecule has 3 aromatic heterocycles. The monoisotopic (exact) mass is 584 g/mol. The summed E-state index contributed by atoms with van der Waals surface area (Å²) in [5, 5.41) is 10.1. The first-order chi connectivity index (χ1) is 19.6. The fourth-order valence-corrected chi connectivity index (χ4v) is 4.27. The summed E-state index contributed by atoms with van der Waals surface area (Å²) in [6.45, 7) is 1.67. The van der Waals surface area contributed by atoms with Crippen LogP contribution in [0.2, 0.25) is 5.02 Å². The normalized spacial score (nSPS) is 11.5. The smallest absolute Gasteiger partial charge is 0.433 e. The second kappa shape index (κ2) is 10.9. The molecule has 0 unspecified atom stereocenters. The Hall–Kier alpha value is -4.91. The van der Waals surface area contributed by atoms with Crippen molar-refractivity contribution in [1.29, 1.82) is 0 Å². The Labute approximate surface area is 235 Å². The Morgan fingerprint density at radius 1 is 1.07 bits per heavy atom. The van der Waals surface area contributed by atoms with Crippen LogP contribution < -0.4 is 10.1 Å². The van der Waals surface area contributed by atoms with E-state index in [9.17, 15) is 22.8 Å². The van der Waals surface area contributed by atoms with E-state index in [2.05, 4.69) is 20.5 Å². The second-order valence-electron chi connectivity index (χ2n) is 8.48. The fraction of sp³-hybridized carbons (Fsp3) is 0.148. The van der Waals surface area contributed by atoms with Gasteiger partial charge in [-0.05, 0) is 37.3 Å². The molecule has 0 aliphatic heterocycles. The molecule has 3 heterocycles. The van der Waals surface area contributed by atoms with Gasteiger partial charge in [0.05, 0.1) is 31.3 Å². The maximum atomic E-state index is 14.1. The van der Waals surface area contributed by atoms with Gasteiger partial charge in [0.2, 0.25) is 0 Å². The first-order valence-electron chi connectivity index (χ1n) is 12.0. The number of esters is 1. The number of fused-ring (bicyclic) bond motifs is 1. The largest absolute Gasteiger partial charge is 0.497 e. The molecule has 0 saturated carbocycles. The molecule has 0 bridgehead atoms. The average molecular weight is 585 g/mol. The highest BCUT2D eigenvalue weighted by molar-refractivity contribution is 6.37. The number of carbonyl (C=O) groups is 2. The molecule has 0 aliphatic rings. The number of methoxy groups -OCH3 is 1. The van der Waals surface area contributed by atoms with Crippen molar-refractivity contribution in [3.8, 4) is 22.7 Å². The highest BCUT2D eigenvalue weighted by Gasteiger charge is 2.37. The van der Waals surface area contributed by atoms with E-state index in [-0.39, 0.29) is 23.7 Å². The minimum Gasteiger partial charge on any atom is -0.497 e. The van der Waals surface area contributed by atoms with E-state index in [1.54, 1.807) is 55.5 Å². The number of anilines is 1. The zero-order chi connectivity index (χ0) is 29.3. The molecular weight excluding hydrogens is 565 g/mol. The summed E-state index contributed by atoms with van der Waals surface area (Å²) in [7, 11) is 1.42. The molecule has 0 fully saturated rings. The third-order valence-electron chi connectivity index (χ3n) is 5.90. The number of amides is 1. The van der Waals surface area contributed by atoms with Gasteiger partial charge >= 0.3 is 12.1 Å². The number of rotatable bonds is 7. The lowest BCUT2D eigenvalue weighted by molar-refractivity contribution is -0.142. The van der Waals surface area contributed by atoms with E-state index in [4.69, 9.17) is 21.1 Å². The molecule has 5 aromatic rings. The highest BCUT2D eigenvalue weighted by atomic mass is 35.5. The van der Waals surface area contributed by atoms with E-state index < -0.39 is 40.1 Å². The molecule has 10 nitrogen and oxygen atoms in total. The van der Waals surface area contributed by atoms with Gasteiger partial charge in [0.1, 0.15) is 16.3 Å². The zero-order valence-electron chi connectivity index (χ0n) is 21.4. The number of hydrogen-bond acceptors (Lipinski definition) is 7. The number of para-hydroxylation sites is 1. The van der Waals surface area contributed by atoms with Crippen LogP contribution in [0, 0.1) is 0 Å². The van der Waals surface area contributed by atoms with Crippen LogP contribution in [-0.2, 0) is 10.9 Å². The van der Waals surface area contributed by atoms with E-state index in [0.29, 0.717) is 21.5 Å². The molecule has 5 rings (SSSR count). The maximum absolute atomic E-state index is 14.1. The van der Waals surface area contributed by atoms with Gasteiger partial charge in [-0.3, -0.25) is 4.79 Å². The van der Waals surface area contributed by atoms with Gasteiger partial charge in [0.15, 0.2) is 22.9 Å². The first kappa shape index (κ1) is 27.6. The van der Waals surface area contributed by atoms with Crippen molar-refractivity contribution in [1.82, 2.24) is 24.4 Å². The summed E-state index contributed by atoms with van der Waals surface area (Å²) in [5.41, 5.74) is -1.49. The molecule has 0 radical (unpaired) electrons. The molecule has 1 amide bonds. The van der Waals surface area contributed by atoms with E-state index >= 15 is 0 Å². The predicted octanol–water partition coefficient (Wildman–Crippen LogP) is 5.69. The molecule has 1 N–H and O–H groups in total. The Morgan fingerprint density at radius 3 is 2.51 bits per heavy atom. The van der Waals surface area contributed by atoms with Gasteiger partial charge in [-0.15, -0.1) is 0 Å². The number of ether oxygens (including phenoxy) is 2. The van der Waals surface area contributed by atoms with Crippen molar-refractivity contribution in [2.45, 2.75) is 13.1 Å². The van der Waals surface area contributed by atoms with Gasteiger partial charge < -0.3 is 14.8 Å². The standard InChI is InChI=1S/C27H20ClF3N6O4/c1-3-41-26(39)18-14-32-36(16-9-5-4-6-10-16)23(18)34-25(38)22-21(28)24-33-19(15-8-7-11-17(12-15)40-2)13-20(27(29,30)31)37(24)35-22/h4-14H,3H2,1-2H3,(H,34,38). The summed E-state index contributed by atoms with van der Waals surface area (Å²) in [5.74, 6) is -1.45. The topological polar surface area (TPSA) is 113 Å². The summed E-state index contributed by atoms with van der Waals surface area (Å²) in [6, 6.07) is 15.7. The fourth-order valence-electron chi connectivity index (χ4n) is 4.03. The van der Waals surface area contributed by atoms with Gasteiger partial charge in [0, 0.05) is 5.56 Å². The molecule has 14 heteroatoms. The van der Waals surface area contributed by atoms with Gasteiger partial charge in [-0.2, -0.15) is 23.4 Å². The Bertz CT molecular complexity index is 1770. The number of nitrogens with one attached hydrogen (secondary N) is 1. The number of aromatic nitrogens is 5. The van der Waals surface area contributed by atoms with E-state index in [1.165, 1.54) is 24.1 Å². The number of carbonyl (C=O) groups excluding carboxylic acids is 2. The van der Waals surface area contributed by atoms with Crippen LogP contribution in [0.4, 0.5) is 19.0 Å². The van der Waals surface area contributed by atoms with Gasteiger partial charge in [-0.1, -0.05) is 41.9 Å². The first-order valence-corrected chi connectivity index (χ1v) is 12.4. The molecule has 0 aliphatic carbocycles. The number of alkyl halides is 3. The van der Waals surface area contributed by atoms with Crippen LogP contribution in [0.5, 0.6) is 5.75 Å². The van der Waals surface area contributed by atoms with Crippen molar-refractivity contribution in [2.75, 3.05) is 19.0 Å². The van der Waals surface area contributed by atoms with Crippen LogP contribution in [0.15, 0.2) is 66.9 Å². The van der Waals surface area contributed by atoms with E-state index in [0.717, 1.165) is 6.07 Å². The lowest BCUT2D eigenvalue weighted by atomic mass is 10.1. The third kappa shape index (κ3) is 5.31. The van der Waals surface area contributed by atoms with Gasteiger partial charge in [-0.25, -0.2) is 19.0 Å². The number of benzene rings is 2. The summed E-state index contributed by atoms with van der Waals surface area (Å²) >= 11 is 6.43. The molecule has 0 atom stereocenters. The highest BCUT2D eigenvalue weighted by Crippen LogP contribution is 2.35. The minimum absolute atomic E-state index is 0.0580. The molecule has 0 saturated heterocycles. The summed E-state index contributed by atoms with van der Waals surface area (Å²) in [6.07, 6.45) is -3.67. The van der Waals surface area contributed by atoms with Crippen molar-refractivity contribution in [3.05, 3.63) is 88.8 Å².